The van der Waals surface area contributed by atoms with Crippen LogP contribution in [0.3, 0.4) is 0 Å². The Kier molecular flexibility index (Phi) is 4.44. The lowest BCUT2D eigenvalue weighted by molar-refractivity contribution is -0.130. The van der Waals surface area contributed by atoms with E-state index < -0.39 is 0 Å². The van der Waals surface area contributed by atoms with Gasteiger partial charge in [0.2, 0.25) is 11.7 Å². The fraction of sp³-hybridized carbons (Fsp3) is 0.444. The second-order valence-electron chi connectivity index (χ2n) is 6.88. The van der Waals surface area contributed by atoms with E-state index in [1.165, 1.54) is 22.7 Å². The molecule has 0 spiro atoms. The number of para-hydroxylation sites is 1. The Morgan fingerprint density at radius 1 is 1.31 bits per heavy atom. The third-order valence-electron chi connectivity index (χ3n) is 4.93. The van der Waals surface area contributed by atoms with E-state index in [1.807, 2.05) is 27.5 Å². The number of fused-ring (bicyclic) bond motifs is 3. The molecule has 3 heterocycles. The third-order valence-corrected chi connectivity index (χ3v) is 5.84. The molecule has 1 aromatic carbocycles. The van der Waals surface area contributed by atoms with Gasteiger partial charge in [-0.3, -0.25) is 18.6 Å². The molecule has 7 nitrogen and oxygen atoms in total. The molecule has 8 heteroatoms. The van der Waals surface area contributed by atoms with Crippen molar-refractivity contribution in [1.29, 1.82) is 0 Å². The average Bonchev–Trinajstić information content (AvgIpc) is 3.08. The van der Waals surface area contributed by atoms with Crippen LogP contribution >= 0.6 is 11.8 Å². The lowest BCUT2D eigenvalue weighted by Crippen LogP contribution is -2.40. The van der Waals surface area contributed by atoms with Crippen molar-refractivity contribution < 1.29 is 4.79 Å². The number of nitrogens with zero attached hydrogens (tertiary/aromatic N) is 5. The number of carbonyl (C=O) groups excluding carboxylic acids is 1. The van der Waals surface area contributed by atoms with Crippen LogP contribution in [0.1, 0.15) is 19.8 Å². The van der Waals surface area contributed by atoms with Gasteiger partial charge in [0.25, 0.3) is 5.56 Å². The van der Waals surface area contributed by atoms with E-state index in [2.05, 4.69) is 17.1 Å². The Hall–Kier alpha value is -2.35. The van der Waals surface area contributed by atoms with Gasteiger partial charge in [-0.25, -0.2) is 0 Å². The van der Waals surface area contributed by atoms with Crippen molar-refractivity contribution in [3.63, 3.8) is 0 Å². The highest BCUT2D eigenvalue weighted by Crippen LogP contribution is 2.23. The zero-order valence-corrected chi connectivity index (χ0v) is 15.7. The van der Waals surface area contributed by atoms with E-state index in [-0.39, 0.29) is 11.5 Å². The highest BCUT2D eigenvalue weighted by Gasteiger charge is 2.22. The van der Waals surface area contributed by atoms with Crippen LogP contribution in [0.2, 0.25) is 0 Å². The van der Waals surface area contributed by atoms with Gasteiger partial charge in [-0.05, 0) is 30.9 Å². The molecule has 0 aliphatic carbocycles. The van der Waals surface area contributed by atoms with Gasteiger partial charge in [0.1, 0.15) is 0 Å². The summed E-state index contributed by atoms with van der Waals surface area (Å²) in [5.74, 6) is 1.50. The lowest BCUT2D eigenvalue weighted by Gasteiger charge is -2.30. The fourth-order valence-corrected chi connectivity index (χ4v) is 4.38. The summed E-state index contributed by atoms with van der Waals surface area (Å²) in [6, 6.07) is 7.40. The van der Waals surface area contributed by atoms with Gasteiger partial charge in [0, 0.05) is 20.1 Å². The molecule has 2 aromatic heterocycles. The molecule has 1 saturated heterocycles. The van der Waals surface area contributed by atoms with E-state index in [0.717, 1.165) is 25.0 Å². The van der Waals surface area contributed by atoms with Gasteiger partial charge in [-0.2, -0.15) is 0 Å². The summed E-state index contributed by atoms with van der Waals surface area (Å²) in [4.78, 5) is 27.0. The Morgan fingerprint density at radius 2 is 2.12 bits per heavy atom. The van der Waals surface area contributed by atoms with E-state index in [1.54, 1.807) is 13.1 Å². The van der Waals surface area contributed by atoms with Crippen LogP contribution in [0.25, 0.3) is 16.7 Å². The van der Waals surface area contributed by atoms with Crippen LogP contribution in [-0.2, 0) is 11.8 Å². The Balaban J connectivity index is 1.65. The maximum atomic E-state index is 12.6. The summed E-state index contributed by atoms with van der Waals surface area (Å²) >= 11 is 1.37. The summed E-state index contributed by atoms with van der Waals surface area (Å²) < 4.78 is 3.35. The van der Waals surface area contributed by atoms with Crippen molar-refractivity contribution in [1.82, 2.24) is 24.1 Å². The minimum absolute atomic E-state index is 0.101. The summed E-state index contributed by atoms with van der Waals surface area (Å²) in [7, 11) is 1.69. The highest BCUT2D eigenvalue weighted by atomic mass is 32.2. The van der Waals surface area contributed by atoms with Gasteiger partial charge in [-0.1, -0.05) is 30.8 Å². The van der Waals surface area contributed by atoms with E-state index in [4.69, 9.17) is 0 Å². The molecule has 0 N–H and O–H groups in total. The summed E-state index contributed by atoms with van der Waals surface area (Å²) in [6.07, 6.45) is 2.25. The first-order chi connectivity index (χ1) is 12.6. The van der Waals surface area contributed by atoms with Crippen molar-refractivity contribution in [2.75, 3.05) is 18.8 Å². The molecule has 1 fully saturated rings. The van der Waals surface area contributed by atoms with Crippen LogP contribution in [0.15, 0.2) is 34.2 Å². The number of aromatic nitrogens is 4. The first-order valence-corrected chi connectivity index (χ1v) is 9.78. The van der Waals surface area contributed by atoms with Crippen LogP contribution in [0.5, 0.6) is 0 Å². The number of hydrogen-bond acceptors (Lipinski definition) is 5. The number of benzene rings is 1. The van der Waals surface area contributed by atoms with Crippen LogP contribution < -0.4 is 5.56 Å². The average molecular weight is 371 g/mol. The fourth-order valence-electron chi connectivity index (χ4n) is 3.54. The van der Waals surface area contributed by atoms with Crippen LogP contribution in [-0.4, -0.2) is 48.8 Å². The molecule has 1 aliphatic heterocycles. The molecule has 0 radical (unpaired) electrons. The molecule has 136 valence electrons. The first-order valence-electron chi connectivity index (χ1n) is 8.79. The predicted octanol–water partition coefficient (Wildman–Crippen LogP) is 1.93. The van der Waals surface area contributed by atoms with Crippen molar-refractivity contribution in [3.8, 4) is 0 Å². The molecule has 3 aromatic rings. The number of carbonyl (C=O) groups is 1. The SMILES string of the molecule is CC1CCCN(C(=O)CSc2nnc3n(C)c(=O)c4ccccc4n23)C1. The largest absolute Gasteiger partial charge is 0.342 e. The molecule has 1 aliphatic rings. The molecule has 1 unspecified atom stereocenters. The Morgan fingerprint density at radius 3 is 2.92 bits per heavy atom. The van der Waals surface area contributed by atoms with Gasteiger partial charge < -0.3 is 4.90 Å². The van der Waals surface area contributed by atoms with E-state index in [9.17, 15) is 9.59 Å². The molecule has 4 rings (SSSR count). The maximum absolute atomic E-state index is 12.6. The first kappa shape index (κ1) is 17.1. The second kappa shape index (κ2) is 6.75. The molecular weight excluding hydrogens is 350 g/mol. The van der Waals surface area contributed by atoms with Gasteiger partial charge in [0.15, 0.2) is 5.16 Å². The Bertz CT molecular complexity index is 1040. The van der Waals surface area contributed by atoms with Crippen molar-refractivity contribution >= 4 is 34.3 Å². The molecule has 1 amide bonds. The summed E-state index contributed by atoms with van der Waals surface area (Å²) in [5.41, 5.74) is 0.660. The number of aryl methyl sites for hydroxylation is 1. The monoisotopic (exact) mass is 371 g/mol. The smallest absolute Gasteiger partial charge is 0.262 e. The topological polar surface area (TPSA) is 72.5 Å². The molecule has 1 atom stereocenters. The third kappa shape index (κ3) is 2.88. The molecule has 0 bridgehead atoms. The number of rotatable bonds is 3. The highest BCUT2D eigenvalue weighted by molar-refractivity contribution is 7.99. The number of amides is 1. The van der Waals surface area contributed by atoms with E-state index >= 15 is 0 Å². The minimum atomic E-state index is -0.101. The molecule has 26 heavy (non-hydrogen) atoms. The van der Waals surface area contributed by atoms with Gasteiger partial charge >= 0.3 is 0 Å². The standard InChI is InChI=1S/C18H21N5O2S/c1-12-6-5-9-22(10-12)15(24)11-26-18-20-19-17-21(2)16(25)13-7-3-4-8-14(13)23(17)18/h3-4,7-8,12H,5-6,9-11H2,1-2H3. The van der Waals surface area contributed by atoms with Gasteiger partial charge in [-0.15, -0.1) is 10.2 Å². The number of thioether (sulfide) groups is 1. The number of hydrogen-bond donors (Lipinski definition) is 0. The van der Waals surface area contributed by atoms with Gasteiger partial charge in [0.05, 0.1) is 16.7 Å². The molecule has 0 saturated carbocycles. The van der Waals surface area contributed by atoms with Crippen molar-refractivity contribution in [3.05, 3.63) is 34.6 Å². The quantitative estimate of drug-likeness (QED) is 0.658. The predicted molar refractivity (Wildman–Crippen MR) is 101 cm³/mol. The van der Waals surface area contributed by atoms with E-state index in [0.29, 0.717) is 28.0 Å². The summed E-state index contributed by atoms with van der Waals surface area (Å²) in [5, 5.41) is 9.63. The van der Waals surface area contributed by atoms with Crippen LogP contribution in [0, 0.1) is 5.92 Å². The van der Waals surface area contributed by atoms with Crippen molar-refractivity contribution in [2.45, 2.75) is 24.9 Å². The maximum Gasteiger partial charge on any atom is 0.262 e. The zero-order valence-electron chi connectivity index (χ0n) is 14.9. The number of likely N-dealkylation sites (tertiary alicyclic amines) is 1. The van der Waals surface area contributed by atoms with Crippen molar-refractivity contribution in [2.24, 2.45) is 13.0 Å². The summed E-state index contributed by atoms with van der Waals surface area (Å²) in [6.45, 7) is 3.85. The number of piperidine rings is 1. The zero-order chi connectivity index (χ0) is 18.3. The lowest BCUT2D eigenvalue weighted by atomic mass is 10.0. The Labute approximate surface area is 155 Å². The normalized spacial score (nSPS) is 17.9. The second-order valence-corrected chi connectivity index (χ2v) is 7.82. The molecular formula is C18H21N5O2S. The van der Waals surface area contributed by atoms with Crippen LogP contribution in [0.4, 0.5) is 0 Å². The minimum Gasteiger partial charge on any atom is -0.342 e.